The molecule has 0 heterocycles. The molecule has 2 rings (SSSR count). The first-order valence-corrected chi connectivity index (χ1v) is 7.24. The molecule has 1 aromatic rings. The number of nitrogens with one attached hydrogen (secondary N) is 1. The topological polar surface area (TPSA) is 55.1 Å². The monoisotopic (exact) mass is 260 g/mol. The van der Waals surface area contributed by atoms with Crippen molar-refractivity contribution in [2.45, 2.75) is 51.6 Å². The van der Waals surface area contributed by atoms with E-state index >= 15 is 0 Å². The van der Waals surface area contributed by atoms with Crippen LogP contribution in [0.1, 0.15) is 43.7 Å². The Morgan fingerprint density at radius 1 is 1.16 bits per heavy atom. The molecule has 0 aromatic heterocycles. The molecule has 1 aliphatic carbocycles. The van der Waals surface area contributed by atoms with Crippen LogP contribution in [0.25, 0.3) is 0 Å². The zero-order valence-corrected chi connectivity index (χ0v) is 11.7. The van der Waals surface area contributed by atoms with Gasteiger partial charge in [0, 0.05) is 12.6 Å². The van der Waals surface area contributed by atoms with Gasteiger partial charge in [0.2, 0.25) is 5.91 Å². The average Bonchev–Trinajstić information content (AvgIpc) is 2.42. The summed E-state index contributed by atoms with van der Waals surface area (Å²) in [6.07, 6.45) is 5.18. The predicted octanol–water partition coefficient (Wildman–Crippen LogP) is 2.38. The Hall–Kier alpha value is -1.35. The van der Waals surface area contributed by atoms with E-state index in [0.29, 0.717) is 19.0 Å². The van der Waals surface area contributed by atoms with Gasteiger partial charge in [-0.05, 0) is 42.7 Å². The largest absolute Gasteiger partial charge is 0.353 e. The molecule has 3 nitrogen and oxygen atoms in total. The first-order valence-electron chi connectivity index (χ1n) is 7.24. The molecule has 0 saturated heterocycles. The molecule has 0 radical (unpaired) electrons. The summed E-state index contributed by atoms with van der Waals surface area (Å²) in [7, 11) is 0. The van der Waals surface area contributed by atoms with Crippen molar-refractivity contribution in [3.63, 3.8) is 0 Å². The van der Waals surface area contributed by atoms with Crippen LogP contribution in [0.5, 0.6) is 0 Å². The quantitative estimate of drug-likeness (QED) is 0.873. The number of amides is 1. The normalized spacial score (nSPS) is 23.1. The Labute approximate surface area is 115 Å². The summed E-state index contributed by atoms with van der Waals surface area (Å²) in [6.45, 7) is 2.84. The van der Waals surface area contributed by atoms with E-state index in [0.717, 1.165) is 29.9 Å². The van der Waals surface area contributed by atoms with Gasteiger partial charge in [-0.3, -0.25) is 4.79 Å². The van der Waals surface area contributed by atoms with E-state index in [-0.39, 0.29) is 5.91 Å². The van der Waals surface area contributed by atoms with Crippen LogP contribution in [0.2, 0.25) is 0 Å². The fraction of sp³-hybridized carbons (Fsp3) is 0.562. The summed E-state index contributed by atoms with van der Waals surface area (Å²) in [5, 5.41) is 3.15. The highest BCUT2D eigenvalue weighted by Gasteiger charge is 2.19. The van der Waals surface area contributed by atoms with Crippen molar-refractivity contribution in [1.82, 2.24) is 5.32 Å². The van der Waals surface area contributed by atoms with Crippen LogP contribution < -0.4 is 11.1 Å². The first kappa shape index (κ1) is 14.1. The molecule has 0 aliphatic heterocycles. The second kappa shape index (κ2) is 6.71. The van der Waals surface area contributed by atoms with E-state index in [1.165, 1.54) is 12.8 Å². The van der Waals surface area contributed by atoms with Gasteiger partial charge in [-0.2, -0.15) is 0 Å². The van der Waals surface area contributed by atoms with Crippen molar-refractivity contribution in [3.8, 4) is 0 Å². The number of carbonyl (C=O) groups is 1. The maximum Gasteiger partial charge on any atom is 0.224 e. The van der Waals surface area contributed by atoms with E-state index in [1.54, 1.807) is 0 Å². The molecule has 19 heavy (non-hydrogen) atoms. The van der Waals surface area contributed by atoms with Crippen molar-refractivity contribution in [1.29, 1.82) is 0 Å². The standard InChI is InChI=1S/C16H24N2O/c1-12-2-8-15(9-3-12)18-16(19)10-13-4-6-14(11-17)7-5-13/h4-7,12,15H,2-3,8-11,17H2,1H3,(H,18,19). The van der Waals surface area contributed by atoms with E-state index in [2.05, 4.69) is 12.2 Å². The predicted molar refractivity (Wildman–Crippen MR) is 77.6 cm³/mol. The fourth-order valence-electron chi connectivity index (χ4n) is 2.66. The van der Waals surface area contributed by atoms with Gasteiger partial charge in [0.1, 0.15) is 0 Å². The number of hydrogen-bond acceptors (Lipinski definition) is 2. The van der Waals surface area contributed by atoms with Gasteiger partial charge in [-0.15, -0.1) is 0 Å². The summed E-state index contributed by atoms with van der Waals surface area (Å²) < 4.78 is 0. The molecule has 1 fully saturated rings. The Bertz CT molecular complexity index is 405. The number of hydrogen-bond donors (Lipinski definition) is 2. The highest BCUT2D eigenvalue weighted by molar-refractivity contribution is 5.78. The summed E-state index contributed by atoms with van der Waals surface area (Å²) in [6, 6.07) is 8.35. The highest BCUT2D eigenvalue weighted by atomic mass is 16.1. The van der Waals surface area contributed by atoms with Crippen LogP contribution in [-0.2, 0) is 17.8 Å². The molecule has 1 saturated carbocycles. The Kier molecular flexibility index (Phi) is 4.97. The van der Waals surface area contributed by atoms with Gasteiger partial charge in [0.15, 0.2) is 0 Å². The van der Waals surface area contributed by atoms with Gasteiger partial charge in [0.05, 0.1) is 6.42 Å². The number of nitrogens with two attached hydrogens (primary N) is 1. The first-order chi connectivity index (χ1) is 9.17. The third kappa shape index (κ3) is 4.35. The molecule has 1 aliphatic rings. The van der Waals surface area contributed by atoms with Crippen molar-refractivity contribution in [3.05, 3.63) is 35.4 Å². The Balaban J connectivity index is 1.80. The molecule has 0 bridgehead atoms. The van der Waals surface area contributed by atoms with Gasteiger partial charge in [0.25, 0.3) is 0 Å². The van der Waals surface area contributed by atoms with Crippen LogP contribution in [0.4, 0.5) is 0 Å². The molecule has 3 N–H and O–H groups in total. The van der Waals surface area contributed by atoms with E-state index in [1.807, 2.05) is 24.3 Å². The lowest BCUT2D eigenvalue weighted by molar-refractivity contribution is -0.121. The molecular formula is C16H24N2O. The van der Waals surface area contributed by atoms with Crippen LogP contribution in [0, 0.1) is 5.92 Å². The van der Waals surface area contributed by atoms with Crippen LogP contribution in [-0.4, -0.2) is 11.9 Å². The van der Waals surface area contributed by atoms with Crippen molar-refractivity contribution >= 4 is 5.91 Å². The molecule has 104 valence electrons. The zero-order valence-electron chi connectivity index (χ0n) is 11.7. The molecule has 1 aromatic carbocycles. The lowest BCUT2D eigenvalue weighted by atomic mass is 9.87. The van der Waals surface area contributed by atoms with Crippen LogP contribution in [0.3, 0.4) is 0 Å². The minimum absolute atomic E-state index is 0.139. The van der Waals surface area contributed by atoms with Crippen LogP contribution >= 0.6 is 0 Å². The number of benzene rings is 1. The summed E-state index contributed by atoms with van der Waals surface area (Å²) >= 11 is 0. The third-order valence-electron chi connectivity index (χ3n) is 4.00. The molecule has 0 atom stereocenters. The SMILES string of the molecule is CC1CCC(NC(=O)Cc2ccc(CN)cc2)CC1. The lowest BCUT2D eigenvalue weighted by Gasteiger charge is -2.26. The molecule has 0 unspecified atom stereocenters. The minimum Gasteiger partial charge on any atom is -0.353 e. The van der Waals surface area contributed by atoms with Gasteiger partial charge >= 0.3 is 0 Å². The van der Waals surface area contributed by atoms with Crippen molar-refractivity contribution in [2.24, 2.45) is 11.7 Å². The second-order valence-corrected chi connectivity index (χ2v) is 5.72. The lowest BCUT2D eigenvalue weighted by Crippen LogP contribution is -2.38. The maximum absolute atomic E-state index is 12.0. The van der Waals surface area contributed by atoms with E-state index < -0.39 is 0 Å². The third-order valence-corrected chi connectivity index (χ3v) is 4.00. The number of carbonyl (C=O) groups excluding carboxylic acids is 1. The molecule has 0 spiro atoms. The highest BCUT2D eigenvalue weighted by Crippen LogP contribution is 2.23. The molecule has 1 amide bonds. The smallest absolute Gasteiger partial charge is 0.224 e. The summed E-state index contributed by atoms with van der Waals surface area (Å²) in [5.41, 5.74) is 7.71. The Morgan fingerprint density at radius 2 is 1.74 bits per heavy atom. The molecule has 3 heteroatoms. The Morgan fingerprint density at radius 3 is 2.32 bits per heavy atom. The summed E-state index contributed by atoms with van der Waals surface area (Å²) in [5.74, 6) is 0.956. The van der Waals surface area contributed by atoms with Crippen molar-refractivity contribution in [2.75, 3.05) is 0 Å². The van der Waals surface area contributed by atoms with Gasteiger partial charge < -0.3 is 11.1 Å². The number of rotatable bonds is 4. The van der Waals surface area contributed by atoms with E-state index in [4.69, 9.17) is 5.73 Å². The zero-order chi connectivity index (χ0) is 13.7. The van der Waals surface area contributed by atoms with Gasteiger partial charge in [-0.1, -0.05) is 31.2 Å². The van der Waals surface area contributed by atoms with Crippen molar-refractivity contribution < 1.29 is 4.79 Å². The summed E-state index contributed by atoms with van der Waals surface area (Å²) in [4.78, 5) is 12.0. The second-order valence-electron chi connectivity index (χ2n) is 5.72. The van der Waals surface area contributed by atoms with E-state index in [9.17, 15) is 4.79 Å². The van der Waals surface area contributed by atoms with Gasteiger partial charge in [-0.25, -0.2) is 0 Å². The molecular weight excluding hydrogens is 236 g/mol. The van der Waals surface area contributed by atoms with Crippen LogP contribution in [0.15, 0.2) is 24.3 Å². The fourth-order valence-corrected chi connectivity index (χ4v) is 2.66. The minimum atomic E-state index is 0.139. The average molecular weight is 260 g/mol. The maximum atomic E-state index is 12.0.